The maximum absolute atomic E-state index is 12.2. The van der Waals surface area contributed by atoms with E-state index >= 15 is 0 Å². The first-order valence-corrected chi connectivity index (χ1v) is 7.62. The second-order valence-corrected chi connectivity index (χ2v) is 6.56. The van der Waals surface area contributed by atoms with Crippen molar-refractivity contribution in [2.75, 3.05) is 11.5 Å². The predicted molar refractivity (Wildman–Crippen MR) is 75.6 cm³/mol. The lowest BCUT2D eigenvalue weighted by Crippen LogP contribution is -2.10. The number of benzene rings is 1. The maximum atomic E-state index is 12.2. The number of hydrogen-bond acceptors (Lipinski definition) is 4. The van der Waals surface area contributed by atoms with Gasteiger partial charge in [-0.15, -0.1) is 0 Å². The highest BCUT2D eigenvalue weighted by atomic mass is 32.2. The second kappa shape index (κ2) is 5.40. The molecule has 0 bridgehead atoms. The van der Waals surface area contributed by atoms with E-state index in [1.165, 1.54) is 0 Å². The Bertz CT molecular complexity index is 667. The van der Waals surface area contributed by atoms with Crippen LogP contribution in [0.2, 0.25) is 0 Å². The fraction of sp³-hybridized carbons (Fsp3) is 0.214. The summed E-state index contributed by atoms with van der Waals surface area (Å²) in [7, 11) is -3.28. The van der Waals surface area contributed by atoms with Gasteiger partial charge in [-0.1, -0.05) is 6.07 Å². The lowest BCUT2D eigenvalue weighted by atomic mass is 10.2. The third-order valence-electron chi connectivity index (χ3n) is 2.98. The molecule has 19 heavy (non-hydrogen) atoms. The fourth-order valence-corrected chi connectivity index (χ4v) is 3.13. The Hall–Kier alpha value is -1.88. The van der Waals surface area contributed by atoms with Crippen LogP contribution in [-0.4, -0.2) is 19.2 Å². The van der Waals surface area contributed by atoms with Crippen molar-refractivity contribution >= 4 is 15.5 Å². The first kappa shape index (κ1) is 13.5. The summed E-state index contributed by atoms with van der Waals surface area (Å²) in [6, 6.07) is 8.48. The molecule has 5 heteroatoms. The summed E-state index contributed by atoms with van der Waals surface area (Å²) in [6.45, 7) is 1.80. The van der Waals surface area contributed by atoms with E-state index in [2.05, 4.69) is 4.98 Å². The van der Waals surface area contributed by atoms with Gasteiger partial charge in [0, 0.05) is 18.1 Å². The average molecular weight is 276 g/mol. The average Bonchev–Trinajstić information content (AvgIpc) is 2.41. The lowest BCUT2D eigenvalue weighted by molar-refractivity contribution is 0.595. The highest BCUT2D eigenvalue weighted by Gasteiger charge is 2.15. The van der Waals surface area contributed by atoms with Crippen LogP contribution in [0.1, 0.15) is 11.1 Å². The summed E-state index contributed by atoms with van der Waals surface area (Å²) in [4.78, 5) is 4.29. The van der Waals surface area contributed by atoms with Crippen molar-refractivity contribution in [3.05, 3.63) is 53.9 Å². The molecule has 1 heterocycles. The van der Waals surface area contributed by atoms with E-state index in [1.807, 2.05) is 6.07 Å². The van der Waals surface area contributed by atoms with Crippen LogP contribution in [0.4, 0.5) is 5.69 Å². The first-order valence-electron chi connectivity index (χ1n) is 5.97. The third kappa shape index (κ3) is 3.32. The summed E-state index contributed by atoms with van der Waals surface area (Å²) in [5, 5.41) is 0. The molecule has 0 aliphatic carbocycles. The summed E-state index contributed by atoms with van der Waals surface area (Å²) >= 11 is 0. The molecule has 0 aliphatic rings. The molecule has 0 fully saturated rings. The van der Waals surface area contributed by atoms with Gasteiger partial charge in [-0.05, 0) is 48.7 Å². The Morgan fingerprint density at radius 3 is 2.68 bits per heavy atom. The monoisotopic (exact) mass is 276 g/mol. The maximum Gasteiger partial charge on any atom is 0.178 e. The standard InChI is InChI=1S/C14H16N2O2S/c1-11-9-13(4-5-14(11)15)19(17,18)8-6-12-3-2-7-16-10-12/h2-5,7,9-10H,6,8,15H2,1H3. The van der Waals surface area contributed by atoms with Crippen LogP contribution in [0.3, 0.4) is 0 Å². The summed E-state index contributed by atoms with van der Waals surface area (Å²) in [5.41, 5.74) is 7.99. The van der Waals surface area contributed by atoms with Crippen LogP contribution < -0.4 is 5.73 Å². The van der Waals surface area contributed by atoms with Gasteiger partial charge in [0.2, 0.25) is 0 Å². The third-order valence-corrected chi connectivity index (χ3v) is 4.70. The molecule has 0 aliphatic heterocycles. The molecule has 0 saturated heterocycles. The van der Waals surface area contributed by atoms with E-state index < -0.39 is 9.84 Å². The van der Waals surface area contributed by atoms with Crippen LogP contribution >= 0.6 is 0 Å². The van der Waals surface area contributed by atoms with Crippen LogP contribution in [0, 0.1) is 6.92 Å². The number of rotatable bonds is 4. The smallest absolute Gasteiger partial charge is 0.178 e. The Morgan fingerprint density at radius 2 is 2.05 bits per heavy atom. The van der Waals surface area contributed by atoms with Crippen molar-refractivity contribution in [2.45, 2.75) is 18.2 Å². The molecule has 0 spiro atoms. The largest absolute Gasteiger partial charge is 0.399 e. The molecule has 0 radical (unpaired) electrons. The van der Waals surface area contributed by atoms with Crippen molar-refractivity contribution in [3.63, 3.8) is 0 Å². The molecular formula is C14H16N2O2S. The minimum Gasteiger partial charge on any atom is -0.399 e. The Kier molecular flexibility index (Phi) is 3.85. The summed E-state index contributed by atoms with van der Waals surface area (Å²) < 4.78 is 24.4. The van der Waals surface area contributed by atoms with Gasteiger partial charge < -0.3 is 5.73 Å². The Labute approximate surface area is 113 Å². The number of nitrogens with two attached hydrogens (primary N) is 1. The molecule has 1 aromatic carbocycles. The molecule has 2 rings (SSSR count). The number of aryl methyl sites for hydroxylation is 2. The number of nitrogen functional groups attached to an aromatic ring is 1. The minimum atomic E-state index is -3.28. The van der Waals surface area contributed by atoms with Gasteiger partial charge in [0.1, 0.15) is 0 Å². The van der Waals surface area contributed by atoms with E-state index in [-0.39, 0.29) is 5.75 Å². The highest BCUT2D eigenvalue weighted by Crippen LogP contribution is 2.18. The Morgan fingerprint density at radius 1 is 1.26 bits per heavy atom. The van der Waals surface area contributed by atoms with Gasteiger partial charge in [0.05, 0.1) is 10.6 Å². The quantitative estimate of drug-likeness (QED) is 0.867. The van der Waals surface area contributed by atoms with Crippen molar-refractivity contribution in [2.24, 2.45) is 0 Å². The number of hydrogen-bond donors (Lipinski definition) is 1. The van der Waals surface area contributed by atoms with E-state index in [4.69, 9.17) is 5.73 Å². The van der Waals surface area contributed by atoms with E-state index in [0.717, 1.165) is 11.1 Å². The number of sulfone groups is 1. The number of nitrogens with zero attached hydrogens (tertiary/aromatic N) is 1. The number of anilines is 1. The number of pyridine rings is 1. The molecule has 4 nitrogen and oxygen atoms in total. The fourth-order valence-electron chi connectivity index (χ4n) is 1.76. The zero-order chi connectivity index (χ0) is 13.9. The minimum absolute atomic E-state index is 0.0715. The zero-order valence-electron chi connectivity index (χ0n) is 10.7. The lowest BCUT2D eigenvalue weighted by Gasteiger charge is -2.07. The summed E-state index contributed by atoms with van der Waals surface area (Å²) in [6.07, 6.45) is 3.81. The second-order valence-electron chi connectivity index (χ2n) is 4.45. The Balaban J connectivity index is 2.16. The van der Waals surface area contributed by atoms with Gasteiger partial charge in [0.25, 0.3) is 0 Å². The predicted octanol–water partition coefficient (Wildman–Crippen LogP) is 1.99. The van der Waals surface area contributed by atoms with Gasteiger partial charge in [-0.2, -0.15) is 0 Å². The molecular weight excluding hydrogens is 260 g/mol. The van der Waals surface area contributed by atoms with Gasteiger partial charge in [0.15, 0.2) is 9.84 Å². The molecule has 1 aromatic heterocycles. The van der Waals surface area contributed by atoms with Crippen molar-refractivity contribution in [1.29, 1.82) is 0 Å². The van der Waals surface area contributed by atoms with Crippen molar-refractivity contribution in [3.8, 4) is 0 Å². The highest BCUT2D eigenvalue weighted by molar-refractivity contribution is 7.91. The van der Waals surface area contributed by atoms with Crippen molar-refractivity contribution < 1.29 is 8.42 Å². The molecule has 0 saturated carbocycles. The van der Waals surface area contributed by atoms with E-state index in [9.17, 15) is 8.42 Å². The number of aromatic nitrogens is 1. The van der Waals surface area contributed by atoms with E-state index in [0.29, 0.717) is 17.0 Å². The summed E-state index contributed by atoms with van der Waals surface area (Å²) in [5.74, 6) is 0.0715. The normalized spacial score (nSPS) is 11.4. The van der Waals surface area contributed by atoms with Gasteiger partial charge in [-0.25, -0.2) is 8.42 Å². The molecule has 0 atom stereocenters. The molecule has 2 N–H and O–H groups in total. The zero-order valence-corrected chi connectivity index (χ0v) is 11.5. The van der Waals surface area contributed by atoms with Crippen LogP contribution in [-0.2, 0) is 16.3 Å². The van der Waals surface area contributed by atoms with Crippen LogP contribution in [0.25, 0.3) is 0 Å². The van der Waals surface area contributed by atoms with Gasteiger partial charge in [-0.3, -0.25) is 4.98 Å². The van der Waals surface area contributed by atoms with E-state index in [1.54, 1.807) is 43.6 Å². The molecule has 0 amide bonds. The molecule has 2 aromatic rings. The van der Waals surface area contributed by atoms with Crippen LogP contribution in [0.15, 0.2) is 47.6 Å². The molecule has 0 unspecified atom stereocenters. The molecule has 100 valence electrons. The first-order chi connectivity index (χ1) is 8.99. The van der Waals surface area contributed by atoms with Crippen molar-refractivity contribution in [1.82, 2.24) is 4.98 Å². The topological polar surface area (TPSA) is 73.0 Å². The van der Waals surface area contributed by atoms with Gasteiger partial charge >= 0.3 is 0 Å². The van der Waals surface area contributed by atoms with Crippen LogP contribution in [0.5, 0.6) is 0 Å². The SMILES string of the molecule is Cc1cc(S(=O)(=O)CCc2cccnc2)ccc1N.